The molecule has 0 spiro atoms. The quantitative estimate of drug-likeness (QED) is 0.353. The van der Waals surface area contributed by atoms with Gasteiger partial charge >= 0.3 is 11.7 Å². The molecule has 4 aromatic rings. The van der Waals surface area contributed by atoms with Crippen LogP contribution in [-0.2, 0) is 22.7 Å². The highest BCUT2D eigenvalue weighted by molar-refractivity contribution is 5.96. The van der Waals surface area contributed by atoms with E-state index in [2.05, 4.69) is 4.98 Å². The first-order valence-electron chi connectivity index (χ1n) is 11.3. The summed E-state index contributed by atoms with van der Waals surface area (Å²) < 4.78 is 19.6. The van der Waals surface area contributed by atoms with Crippen LogP contribution >= 0.6 is 0 Å². The number of esters is 1. The van der Waals surface area contributed by atoms with Crippen LogP contribution in [0.25, 0.3) is 11.2 Å². The molecule has 8 nitrogen and oxygen atoms in total. The smallest absolute Gasteiger partial charge is 0.357 e. The van der Waals surface area contributed by atoms with Crippen LogP contribution in [-0.4, -0.2) is 32.6 Å². The topological polar surface area (TPSA) is 84.1 Å². The molecule has 2 aromatic heterocycles. The number of nitrogens with zero attached hydrogens (tertiary/aromatic N) is 3. The van der Waals surface area contributed by atoms with Crippen molar-refractivity contribution in [3.8, 4) is 11.4 Å². The van der Waals surface area contributed by atoms with Gasteiger partial charge in [-0.15, -0.1) is 0 Å². The normalized spacial score (nSPS) is 13.2. The molecule has 0 bridgehead atoms. The summed E-state index contributed by atoms with van der Waals surface area (Å²) in [5.41, 5.74) is 2.28. The van der Waals surface area contributed by atoms with Gasteiger partial charge in [-0.3, -0.25) is 14.0 Å². The molecule has 0 aliphatic heterocycles. The van der Waals surface area contributed by atoms with Crippen LogP contribution in [0.4, 0.5) is 0 Å². The van der Waals surface area contributed by atoms with Crippen LogP contribution in [0, 0.1) is 0 Å². The Morgan fingerprint density at radius 2 is 1.82 bits per heavy atom. The van der Waals surface area contributed by atoms with Gasteiger partial charge in [-0.2, -0.15) is 0 Å². The molecule has 5 rings (SSSR count). The van der Waals surface area contributed by atoms with Crippen LogP contribution in [0.5, 0.6) is 5.75 Å². The number of ether oxygens (including phenoxy) is 3. The van der Waals surface area contributed by atoms with E-state index in [1.165, 1.54) is 15.2 Å². The van der Waals surface area contributed by atoms with Crippen molar-refractivity contribution in [3.63, 3.8) is 0 Å². The van der Waals surface area contributed by atoms with E-state index in [9.17, 15) is 9.59 Å². The lowest BCUT2D eigenvalue weighted by Crippen LogP contribution is -2.22. The van der Waals surface area contributed by atoms with Gasteiger partial charge in [0.1, 0.15) is 11.3 Å². The SMILES string of the molecule is CCOC(=O)c1c2cnc(COCc3ccccc3)cn2c(=O)n1-c1ccc(OC2CC2)cc1. The van der Waals surface area contributed by atoms with Gasteiger partial charge in [0.15, 0.2) is 5.69 Å². The second-order valence-electron chi connectivity index (χ2n) is 8.11. The fourth-order valence-electron chi connectivity index (χ4n) is 3.72. The Kier molecular flexibility index (Phi) is 6.14. The van der Waals surface area contributed by atoms with E-state index in [4.69, 9.17) is 14.2 Å². The molecule has 2 heterocycles. The van der Waals surface area contributed by atoms with Crippen molar-refractivity contribution in [2.24, 2.45) is 0 Å². The van der Waals surface area contributed by atoms with Gasteiger partial charge < -0.3 is 14.2 Å². The van der Waals surface area contributed by atoms with Crippen LogP contribution in [0.1, 0.15) is 41.5 Å². The highest BCUT2D eigenvalue weighted by Crippen LogP contribution is 2.27. The molecule has 2 aromatic carbocycles. The third-order valence-electron chi connectivity index (χ3n) is 5.51. The first-order chi connectivity index (χ1) is 16.6. The van der Waals surface area contributed by atoms with E-state index >= 15 is 0 Å². The van der Waals surface area contributed by atoms with Gasteiger partial charge in [0.25, 0.3) is 0 Å². The van der Waals surface area contributed by atoms with E-state index in [1.54, 1.807) is 37.4 Å². The summed E-state index contributed by atoms with van der Waals surface area (Å²) in [7, 11) is 0. The molecule has 0 amide bonds. The molecule has 1 aliphatic rings. The summed E-state index contributed by atoms with van der Waals surface area (Å²) in [6.45, 7) is 2.57. The molecular weight excluding hydrogens is 434 g/mol. The summed E-state index contributed by atoms with van der Waals surface area (Å²) >= 11 is 0. The number of rotatable bonds is 9. The predicted molar refractivity (Wildman–Crippen MR) is 125 cm³/mol. The number of fused-ring (bicyclic) bond motifs is 1. The number of aromatic nitrogens is 3. The van der Waals surface area contributed by atoms with Crippen molar-refractivity contribution in [1.82, 2.24) is 14.0 Å². The molecular formula is C26H25N3O5. The Morgan fingerprint density at radius 3 is 2.53 bits per heavy atom. The maximum Gasteiger partial charge on any atom is 0.357 e. The van der Waals surface area contributed by atoms with E-state index in [0.29, 0.717) is 23.5 Å². The van der Waals surface area contributed by atoms with Gasteiger partial charge in [-0.25, -0.2) is 9.59 Å². The minimum atomic E-state index is -0.588. The third kappa shape index (κ3) is 4.58. The first kappa shape index (κ1) is 21.9. The van der Waals surface area contributed by atoms with Crippen molar-refractivity contribution < 1.29 is 19.0 Å². The summed E-state index contributed by atoms with van der Waals surface area (Å²) in [4.78, 5) is 30.6. The second kappa shape index (κ2) is 9.52. The Hall–Kier alpha value is -3.91. The maximum atomic E-state index is 13.4. The van der Waals surface area contributed by atoms with Crippen molar-refractivity contribution in [1.29, 1.82) is 0 Å². The number of carbonyl (C=O) groups excluding carboxylic acids is 1. The Bertz CT molecular complexity index is 1360. The summed E-state index contributed by atoms with van der Waals surface area (Å²) in [6.07, 6.45) is 5.50. The van der Waals surface area contributed by atoms with Crippen molar-refractivity contribution in [2.75, 3.05) is 6.61 Å². The average molecular weight is 460 g/mol. The third-order valence-corrected chi connectivity index (χ3v) is 5.51. The monoisotopic (exact) mass is 459 g/mol. The van der Waals surface area contributed by atoms with Gasteiger partial charge in [-0.05, 0) is 49.6 Å². The highest BCUT2D eigenvalue weighted by atomic mass is 16.5. The fraction of sp³-hybridized carbons (Fsp3) is 0.269. The minimum Gasteiger partial charge on any atom is -0.490 e. The molecule has 0 atom stereocenters. The molecule has 0 saturated heterocycles. The predicted octanol–water partition coefficient (Wildman–Crippen LogP) is 3.92. The van der Waals surface area contributed by atoms with Crippen molar-refractivity contribution in [2.45, 2.75) is 39.1 Å². The van der Waals surface area contributed by atoms with Crippen LogP contribution in [0.15, 0.2) is 71.8 Å². The van der Waals surface area contributed by atoms with E-state index in [-0.39, 0.29) is 30.7 Å². The summed E-state index contributed by atoms with van der Waals surface area (Å²) in [6, 6.07) is 16.9. The molecule has 1 aliphatic carbocycles. The minimum absolute atomic E-state index is 0.131. The van der Waals surface area contributed by atoms with Crippen LogP contribution in [0.2, 0.25) is 0 Å². The summed E-state index contributed by atoms with van der Waals surface area (Å²) in [5.74, 6) is 0.149. The van der Waals surface area contributed by atoms with E-state index in [1.807, 2.05) is 30.3 Å². The van der Waals surface area contributed by atoms with Crippen LogP contribution in [0.3, 0.4) is 0 Å². The van der Waals surface area contributed by atoms with Gasteiger partial charge in [0, 0.05) is 6.20 Å². The zero-order valence-corrected chi connectivity index (χ0v) is 18.8. The maximum absolute atomic E-state index is 13.4. The van der Waals surface area contributed by atoms with Gasteiger partial charge in [0.05, 0.1) is 43.5 Å². The molecule has 174 valence electrons. The standard InChI is InChI=1S/C26H25N3O5/c1-2-33-25(30)24-23-14-27-19(17-32-16-18-6-4-3-5-7-18)15-28(23)26(31)29(24)20-8-10-21(11-9-20)34-22-12-13-22/h3-11,14-15,22H,2,12-13,16-17H2,1H3. The lowest BCUT2D eigenvalue weighted by atomic mass is 10.2. The lowest BCUT2D eigenvalue weighted by Gasteiger charge is -2.09. The molecule has 0 N–H and O–H groups in total. The molecule has 0 unspecified atom stereocenters. The number of imidazole rings is 1. The second-order valence-corrected chi connectivity index (χ2v) is 8.11. The zero-order valence-electron chi connectivity index (χ0n) is 18.8. The Labute approximate surface area is 196 Å². The fourth-order valence-corrected chi connectivity index (χ4v) is 3.72. The number of hydrogen-bond acceptors (Lipinski definition) is 6. The zero-order chi connectivity index (χ0) is 23.5. The lowest BCUT2D eigenvalue weighted by molar-refractivity contribution is 0.0519. The number of hydrogen-bond donors (Lipinski definition) is 0. The number of carbonyl (C=O) groups is 1. The largest absolute Gasteiger partial charge is 0.490 e. The molecule has 34 heavy (non-hydrogen) atoms. The average Bonchev–Trinajstić information content (AvgIpc) is 3.63. The molecule has 8 heteroatoms. The first-order valence-corrected chi connectivity index (χ1v) is 11.3. The van der Waals surface area contributed by atoms with Gasteiger partial charge in [-0.1, -0.05) is 30.3 Å². The highest BCUT2D eigenvalue weighted by Gasteiger charge is 2.25. The molecule has 1 fully saturated rings. The molecule has 1 saturated carbocycles. The van der Waals surface area contributed by atoms with E-state index in [0.717, 1.165) is 24.2 Å². The molecule has 0 radical (unpaired) electrons. The number of benzene rings is 2. The Balaban J connectivity index is 1.47. The van der Waals surface area contributed by atoms with E-state index < -0.39 is 5.97 Å². The Morgan fingerprint density at radius 1 is 1.06 bits per heavy atom. The van der Waals surface area contributed by atoms with Gasteiger partial charge in [0.2, 0.25) is 0 Å². The van der Waals surface area contributed by atoms with Crippen molar-refractivity contribution in [3.05, 3.63) is 94.4 Å². The summed E-state index contributed by atoms with van der Waals surface area (Å²) in [5, 5.41) is 0. The van der Waals surface area contributed by atoms with Crippen molar-refractivity contribution >= 4 is 11.5 Å². The van der Waals surface area contributed by atoms with Crippen LogP contribution < -0.4 is 10.4 Å².